The van der Waals surface area contributed by atoms with Crippen LogP contribution in [-0.4, -0.2) is 86.8 Å². The minimum atomic E-state index is -1.12. The van der Waals surface area contributed by atoms with Crippen molar-refractivity contribution in [3.05, 3.63) is 45.5 Å². The van der Waals surface area contributed by atoms with E-state index in [4.69, 9.17) is 0 Å². The summed E-state index contributed by atoms with van der Waals surface area (Å²) in [6, 6.07) is 5.71. The fourth-order valence-corrected chi connectivity index (χ4v) is 7.28. The van der Waals surface area contributed by atoms with Crippen molar-refractivity contribution in [1.82, 2.24) is 14.7 Å². The van der Waals surface area contributed by atoms with Crippen molar-refractivity contribution in [2.45, 2.75) is 64.1 Å². The molecule has 2 saturated heterocycles. The van der Waals surface area contributed by atoms with Gasteiger partial charge in [-0.3, -0.25) is 14.5 Å². The minimum absolute atomic E-state index is 0.0135. The first kappa shape index (κ1) is 25.7. The van der Waals surface area contributed by atoms with Crippen LogP contribution in [0.15, 0.2) is 28.8 Å². The largest absolute Gasteiger partial charge is 0.477 e. The van der Waals surface area contributed by atoms with Crippen LogP contribution in [0, 0.1) is 25.7 Å². The Morgan fingerprint density at radius 1 is 1.26 bits per heavy atom. The number of rotatable bonds is 7. The lowest BCUT2D eigenvalue weighted by atomic mass is 9.79. The number of aliphatic hydroxyl groups is 1. The number of carboxylic acid groups (broad SMARTS) is 1. The number of β-lactam (4-membered cyclic amide) rings is 1. The molecule has 3 aliphatic heterocycles. The second-order valence-electron chi connectivity index (χ2n) is 10.4. The van der Waals surface area contributed by atoms with Gasteiger partial charge in [0, 0.05) is 43.3 Å². The molecule has 2 fully saturated rings. The van der Waals surface area contributed by atoms with Gasteiger partial charge in [-0.15, -0.1) is 11.8 Å². The molecule has 1 aromatic carbocycles. The average molecular weight is 502 g/mol. The Morgan fingerprint density at radius 2 is 1.94 bits per heavy atom. The molecule has 6 atom stereocenters. The van der Waals surface area contributed by atoms with Gasteiger partial charge in [-0.2, -0.15) is 0 Å². The highest BCUT2D eigenvalue weighted by molar-refractivity contribution is 8.03. The zero-order valence-electron chi connectivity index (χ0n) is 21.2. The SMILES string of the molecule is Cc1ccc(C)c(CN2C[C@@H](SC3=C(C(=O)O)N4C(=O)[C@H]([C@@H](C)O)[C@H]4[C@H]3C)C[C@H]2C(=O)N(C)C)c1. The Labute approximate surface area is 210 Å². The molecule has 2 N–H and O–H groups in total. The molecule has 0 radical (unpaired) electrons. The number of carbonyl (C=O) groups excluding carboxylic acids is 2. The number of aliphatic hydroxyl groups excluding tert-OH is 1. The van der Waals surface area contributed by atoms with E-state index in [1.165, 1.54) is 33.4 Å². The quantitative estimate of drug-likeness (QED) is 0.553. The van der Waals surface area contributed by atoms with Gasteiger partial charge >= 0.3 is 5.97 Å². The molecule has 0 spiro atoms. The predicted octanol–water partition coefficient (Wildman–Crippen LogP) is 2.22. The van der Waals surface area contributed by atoms with Crippen LogP contribution in [0.1, 0.15) is 37.0 Å². The van der Waals surface area contributed by atoms with E-state index in [1.807, 2.05) is 6.92 Å². The molecule has 0 bridgehead atoms. The number of aliphatic carboxylic acids is 1. The van der Waals surface area contributed by atoms with Gasteiger partial charge in [0.15, 0.2) is 0 Å². The van der Waals surface area contributed by atoms with E-state index in [2.05, 4.69) is 36.9 Å². The summed E-state index contributed by atoms with van der Waals surface area (Å²) in [5, 5.41) is 20.1. The molecule has 0 saturated carbocycles. The second kappa shape index (κ2) is 9.59. The van der Waals surface area contributed by atoms with Crippen molar-refractivity contribution in [2.24, 2.45) is 11.8 Å². The average Bonchev–Trinajstić information content (AvgIpc) is 3.27. The topological polar surface area (TPSA) is 101 Å². The van der Waals surface area contributed by atoms with E-state index in [9.17, 15) is 24.6 Å². The first-order valence-electron chi connectivity index (χ1n) is 12.1. The van der Waals surface area contributed by atoms with Crippen molar-refractivity contribution in [3.63, 3.8) is 0 Å². The van der Waals surface area contributed by atoms with Crippen molar-refractivity contribution in [2.75, 3.05) is 20.6 Å². The Kier molecular flexibility index (Phi) is 7.05. The summed E-state index contributed by atoms with van der Waals surface area (Å²) in [6.45, 7) is 8.93. The number of amides is 2. The van der Waals surface area contributed by atoms with E-state index in [-0.39, 0.29) is 40.8 Å². The number of carboxylic acids is 1. The summed E-state index contributed by atoms with van der Waals surface area (Å²) in [6.07, 6.45) is -0.221. The number of aryl methyl sites for hydroxylation is 2. The van der Waals surface area contributed by atoms with Crippen LogP contribution < -0.4 is 0 Å². The highest BCUT2D eigenvalue weighted by Gasteiger charge is 2.60. The van der Waals surface area contributed by atoms with Crippen LogP contribution in [-0.2, 0) is 20.9 Å². The molecule has 2 amide bonds. The van der Waals surface area contributed by atoms with Gasteiger partial charge < -0.3 is 20.0 Å². The maximum absolute atomic E-state index is 13.1. The molecule has 9 heteroatoms. The maximum Gasteiger partial charge on any atom is 0.353 e. The normalized spacial score (nSPS) is 29.3. The zero-order chi connectivity index (χ0) is 25.8. The lowest BCUT2D eigenvalue weighted by Crippen LogP contribution is -2.63. The van der Waals surface area contributed by atoms with Gasteiger partial charge in [0.05, 0.1) is 24.1 Å². The number of carbonyl (C=O) groups is 3. The zero-order valence-corrected chi connectivity index (χ0v) is 22.0. The summed E-state index contributed by atoms with van der Waals surface area (Å²) in [5.41, 5.74) is 3.57. The van der Waals surface area contributed by atoms with Gasteiger partial charge in [-0.25, -0.2) is 4.79 Å². The molecule has 35 heavy (non-hydrogen) atoms. The molecule has 1 aromatic rings. The molecule has 4 rings (SSSR count). The molecule has 190 valence electrons. The molecule has 0 aromatic heterocycles. The van der Waals surface area contributed by atoms with E-state index in [0.717, 1.165) is 0 Å². The summed E-state index contributed by atoms with van der Waals surface area (Å²) in [7, 11) is 3.52. The molecule has 8 nitrogen and oxygen atoms in total. The third kappa shape index (κ3) is 4.49. The monoisotopic (exact) mass is 501 g/mol. The number of thioether (sulfide) groups is 1. The van der Waals surface area contributed by atoms with E-state index in [1.54, 1.807) is 25.9 Å². The van der Waals surface area contributed by atoms with Crippen molar-refractivity contribution in [3.8, 4) is 0 Å². The third-order valence-electron chi connectivity index (χ3n) is 7.57. The van der Waals surface area contributed by atoms with E-state index >= 15 is 0 Å². The number of hydrogen-bond acceptors (Lipinski definition) is 6. The van der Waals surface area contributed by atoms with Crippen LogP contribution in [0.5, 0.6) is 0 Å². The van der Waals surface area contributed by atoms with Crippen LogP contribution >= 0.6 is 11.8 Å². The highest BCUT2D eigenvalue weighted by atomic mass is 32.2. The van der Waals surface area contributed by atoms with Crippen molar-refractivity contribution in [1.29, 1.82) is 0 Å². The summed E-state index contributed by atoms with van der Waals surface area (Å²) in [5.74, 6) is -2.17. The van der Waals surface area contributed by atoms with E-state index in [0.29, 0.717) is 24.4 Å². The minimum Gasteiger partial charge on any atom is -0.477 e. The van der Waals surface area contributed by atoms with Crippen LogP contribution in [0.25, 0.3) is 0 Å². The maximum atomic E-state index is 13.1. The number of fused-ring (bicyclic) bond motifs is 1. The number of nitrogens with zero attached hydrogens (tertiary/aromatic N) is 3. The van der Waals surface area contributed by atoms with Crippen LogP contribution in [0.2, 0.25) is 0 Å². The number of benzene rings is 1. The fraction of sp³-hybridized carbons (Fsp3) is 0.577. The lowest BCUT2D eigenvalue weighted by Gasteiger charge is -2.46. The van der Waals surface area contributed by atoms with Crippen molar-refractivity contribution >= 4 is 29.5 Å². The van der Waals surface area contributed by atoms with Crippen LogP contribution in [0.4, 0.5) is 0 Å². The Morgan fingerprint density at radius 3 is 2.54 bits per heavy atom. The molecule has 0 unspecified atom stereocenters. The van der Waals surface area contributed by atoms with Crippen LogP contribution in [0.3, 0.4) is 0 Å². The first-order valence-corrected chi connectivity index (χ1v) is 13.0. The lowest BCUT2D eigenvalue weighted by molar-refractivity contribution is -0.163. The molecule has 3 heterocycles. The summed E-state index contributed by atoms with van der Waals surface area (Å²) < 4.78 is 0. The van der Waals surface area contributed by atoms with Gasteiger partial charge in [-0.05, 0) is 38.3 Å². The fourth-order valence-electron chi connectivity index (χ4n) is 5.72. The Bertz CT molecular complexity index is 1080. The summed E-state index contributed by atoms with van der Waals surface area (Å²) in [4.78, 5) is 43.8. The summed E-state index contributed by atoms with van der Waals surface area (Å²) >= 11 is 1.49. The molecular formula is C26H35N3O5S. The number of likely N-dealkylation sites (tertiary alicyclic amines) is 1. The number of hydrogen-bond donors (Lipinski definition) is 2. The standard InChI is InChI=1S/C26H35N3O5S/c1-13-7-8-14(2)17(9-13)11-28-12-18(10-19(28)24(31)27(5)6)35-23-15(3)21-20(16(4)30)25(32)29(21)22(23)26(33)34/h7-9,15-16,18-21,30H,10-12H2,1-6H3,(H,33,34)/t15-,16-,18+,19+,20-,21-/m1/s1. The highest BCUT2D eigenvalue weighted by Crippen LogP contribution is 2.52. The first-order chi connectivity index (χ1) is 16.4. The smallest absolute Gasteiger partial charge is 0.353 e. The number of likely N-dealkylation sites (N-methyl/N-ethyl adjacent to an activating group) is 1. The predicted molar refractivity (Wildman–Crippen MR) is 134 cm³/mol. The van der Waals surface area contributed by atoms with Crippen molar-refractivity contribution < 1.29 is 24.6 Å². The van der Waals surface area contributed by atoms with Gasteiger partial charge in [0.25, 0.3) is 0 Å². The van der Waals surface area contributed by atoms with Gasteiger partial charge in [-0.1, -0.05) is 30.7 Å². The third-order valence-corrected chi connectivity index (χ3v) is 9.07. The second-order valence-corrected chi connectivity index (χ2v) is 11.7. The van der Waals surface area contributed by atoms with E-state index < -0.39 is 18.0 Å². The molecule has 0 aliphatic carbocycles. The molecular weight excluding hydrogens is 466 g/mol. The van der Waals surface area contributed by atoms with Gasteiger partial charge in [0.2, 0.25) is 11.8 Å². The Hall–Kier alpha value is -2.36. The van der Waals surface area contributed by atoms with Gasteiger partial charge in [0.1, 0.15) is 5.70 Å². The Balaban J connectivity index is 1.59. The molecule has 3 aliphatic rings.